The van der Waals surface area contributed by atoms with Gasteiger partial charge in [0.1, 0.15) is 0 Å². The number of furan rings is 1. The Morgan fingerprint density at radius 2 is 1.97 bits per heavy atom. The summed E-state index contributed by atoms with van der Waals surface area (Å²) in [7, 11) is 1.59. The number of carbonyl (C=O) groups excluding carboxylic acids is 1. The maximum Gasteiger partial charge on any atom is 0.295 e. The molecule has 8 heteroatoms. The molecule has 1 amide bonds. The second kappa shape index (κ2) is 9.19. The third-order valence-electron chi connectivity index (χ3n) is 6.11. The number of aromatic nitrogens is 3. The van der Waals surface area contributed by atoms with E-state index in [1.807, 2.05) is 48.9 Å². The van der Waals surface area contributed by atoms with Gasteiger partial charge in [0.05, 0.1) is 29.6 Å². The van der Waals surface area contributed by atoms with Crippen LogP contribution in [0.4, 0.5) is 5.13 Å². The molecule has 0 aliphatic heterocycles. The largest absolute Gasteiger partial charge is 0.493 e. The first-order valence-corrected chi connectivity index (χ1v) is 12.5. The molecule has 0 saturated heterocycles. The summed E-state index contributed by atoms with van der Waals surface area (Å²) in [6.07, 6.45) is 0. The van der Waals surface area contributed by atoms with E-state index < -0.39 is 0 Å². The molecule has 0 aliphatic rings. The average Bonchev–Trinajstić information content (AvgIpc) is 3.54. The molecule has 35 heavy (non-hydrogen) atoms. The van der Waals surface area contributed by atoms with Crippen molar-refractivity contribution in [3.8, 4) is 5.75 Å². The van der Waals surface area contributed by atoms with Crippen LogP contribution in [0.3, 0.4) is 0 Å². The van der Waals surface area contributed by atoms with E-state index in [4.69, 9.17) is 14.1 Å². The average molecular weight is 489 g/mol. The lowest BCUT2D eigenvalue weighted by molar-refractivity contribution is 0.0961. The van der Waals surface area contributed by atoms with Crippen LogP contribution in [-0.2, 0) is 6.54 Å². The fraction of sp³-hybridized carbons (Fsp3) is 0.296. The summed E-state index contributed by atoms with van der Waals surface area (Å²) in [6.45, 7) is 9.25. The number of rotatable bonds is 7. The Bertz CT molecular complexity index is 1530. The van der Waals surface area contributed by atoms with Crippen LogP contribution in [0, 0.1) is 13.8 Å². The van der Waals surface area contributed by atoms with Crippen molar-refractivity contribution in [2.75, 3.05) is 18.6 Å². The van der Waals surface area contributed by atoms with Crippen molar-refractivity contribution in [1.82, 2.24) is 14.8 Å². The van der Waals surface area contributed by atoms with E-state index in [0.29, 0.717) is 35.5 Å². The highest BCUT2D eigenvalue weighted by molar-refractivity contribution is 7.22. The standard InChI is InChI=1S/C27H28N4O3S/c1-16(2)20-9-7-11-23-24(20)28-27(35-23)30(12-13-31-18(4)14-17(3)29-31)26(32)22-15-19-8-6-10-21(33-5)25(19)34-22/h6-11,14-16H,12-13H2,1-5H3. The lowest BCUT2D eigenvalue weighted by atomic mass is 10.0. The summed E-state index contributed by atoms with van der Waals surface area (Å²) in [5.74, 6) is 0.934. The highest BCUT2D eigenvalue weighted by atomic mass is 32.1. The Morgan fingerprint density at radius 3 is 2.69 bits per heavy atom. The predicted octanol–water partition coefficient (Wildman–Crippen LogP) is 6.33. The van der Waals surface area contributed by atoms with Gasteiger partial charge < -0.3 is 9.15 Å². The number of anilines is 1. The van der Waals surface area contributed by atoms with E-state index in [2.05, 4.69) is 31.1 Å². The molecule has 0 radical (unpaired) electrons. The zero-order chi connectivity index (χ0) is 24.7. The molecule has 3 heterocycles. The number of nitrogens with zero attached hydrogens (tertiary/aromatic N) is 4. The fourth-order valence-electron chi connectivity index (χ4n) is 4.36. The normalized spacial score (nSPS) is 11.6. The van der Waals surface area contributed by atoms with Gasteiger partial charge in [0, 0.05) is 17.6 Å². The van der Waals surface area contributed by atoms with E-state index in [1.54, 1.807) is 18.1 Å². The number of hydrogen-bond acceptors (Lipinski definition) is 6. The summed E-state index contributed by atoms with van der Waals surface area (Å²) in [5.41, 5.74) is 4.67. The number of thiazole rings is 1. The van der Waals surface area contributed by atoms with E-state index in [9.17, 15) is 4.79 Å². The van der Waals surface area contributed by atoms with Crippen molar-refractivity contribution in [2.24, 2.45) is 0 Å². The van der Waals surface area contributed by atoms with Gasteiger partial charge in [0.15, 0.2) is 22.2 Å². The van der Waals surface area contributed by atoms with E-state index in [0.717, 1.165) is 27.0 Å². The van der Waals surface area contributed by atoms with Crippen molar-refractivity contribution in [3.05, 3.63) is 71.2 Å². The number of fused-ring (bicyclic) bond motifs is 2. The molecule has 0 aliphatic carbocycles. The quantitative estimate of drug-likeness (QED) is 0.267. The summed E-state index contributed by atoms with van der Waals surface area (Å²) in [4.78, 5) is 20.5. The van der Waals surface area contributed by atoms with Crippen LogP contribution in [0.2, 0.25) is 0 Å². The lowest BCUT2D eigenvalue weighted by Crippen LogP contribution is -2.34. The van der Waals surface area contributed by atoms with Gasteiger partial charge in [-0.1, -0.05) is 49.4 Å². The van der Waals surface area contributed by atoms with Gasteiger partial charge >= 0.3 is 0 Å². The van der Waals surface area contributed by atoms with Crippen LogP contribution < -0.4 is 9.64 Å². The molecule has 0 spiro atoms. The summed E-state index contributed by atoms with van der Waals surface area (Å²) < 4.78 is 14.4. The smallest absolute Gasteiger partial charge is 0.295 e. The number of hydrogen-bond donors (Lipinski definition) is 0. The van der Waals surface area contributed by atoms with Gasteiger partial charge in [-0.2, -0.15) is 5.10 Å². The molecule has 5 rings (SSSR count). The molecular weight excluding hydrogens is 460 g/mol. The minimum atomic E-state index is -0.241. The molecule has 0 unspecified atom stereocenters. The summed E-state index contributed by atoms with van der Waals surface area (Å²) in [6, 6.07) is 15.6. The molecular formula is C27H28N4O3S. The number of ether oxygens (including phenoxy) is 1. The molecule has 180 valence electrons. The SMILES string of the molecule is COc1cccc2cc(C(=O)N(CCn3nc(C)cc3C)c3nc4c(C(C)C)cccc4s3)oc12. The van der Waals surface area contributed by atoms with Gasteiger partial charge in [-0.3, -0.25) is 14.4 Å². The Morgan fingerprint density at radius 1 is 1.17 bits per heavy atom. The second-order valence-electron chi connectivity index (χ2n) is 8.94. The zero-order valence-corrected chi connectivity index (χ0v) is 21.3. The minimum absolute atomic E-state index is 0.241. The number of para-hydroxylation sites is 2. The van der Waals surface area contributed by atoms with Gasteiger partial charge in [-0.05, 0) is 49.6 Å². The highest BCUT2D eigenvalue weighted by Crippen LogP contribution is 2.35. The highest BCUT2D eigenvalue weighted by Gasteiger charge is 2.26. The second-order valence-corrected chi connectivity index (χ2v) is 9.95. The molecule has 0 atom stereocenters. The first-order chi connectivity index (χ1) is 16.9. The van der Waals surface area contributed by atoms with Gasteiger partial charge in [0.2, 0.25) is 0 Å². The Kier molecular flexibility index (Phi) is 6.06. The predicted molar refractivity (Wildman–Crippen MR) is 140 cm³/mol. The Labute approximate surface area is 207 Å². The summed E-state index contributed by atoms with van der Waals surface area (Å²) >= 11 is 1.52. The third-order valence-corrected chi connectivity index (χ3v) is 7.16. The number of benzene rings is 2. The molecule has 3 aromatic heterocycles. The Hall–Kier alpha value is -3.65. The first kappa shape index (κ1) is 23.1. The van der Waals surface area contributed by atoms with Crippen molar-refractivity contribution in [2.45, 2.75) is 40.2 Å². The topological polar surface area (TPSA) is 73.4 Å². The Balaban J connectivity index is 1.57. The van der Waals surface area contributed by atoms with Gasteiger partial charge in [-0.15, -0.1) is 0 Å². The molecule has 0 fully saturated rings. The number of carbonyl (C=O) groups is 1. The lowest BCUT2D eigenvalue weighted by Gasteiger charge is -2.19. The maximum absolute atomic E-state index is 13.8. The number of amides is 1. The molecule has 0 bridgehead atoms. The summed E-state index contributed by atoms with van der Waals surface area (Å²) in [5, 5.41) is 6.03. The monoisotopic (exact) mass is 488 g/mol. The molecule has 7 nitrogen and oxygen atoms in total. The van der Waals surface area contributed by atoms with Crippen LogP contribution in [0.5, 0.6) is 5.75 Å². The molecule has 0 N–H and O–H groups in total. The van der Waals surface area contributed by atoms with Crippen molar-refractivity contribution >= 4 is 43.6 Å². The number of methoxy groups -OCH3 is 1. The van der Waals surface area contributed by atoms with E-state index in [1.165, 1.54) is 16.9 Å². The van der Waals surface area contributed by atoms with Crippen LogP contribution in [0.1, 0.15) is 47.3 Å². The van der Waals surface area contributed by atoms with Crippen molar-refractivity contribution < 1.29 is 13.9 Å². The first-order valence-electron chi connectivity index (χ1n) is 11.6. The van der Waals surface area contributed by atoms with Crippen molar-refractivity contribution in [1.29, 1.82) is 0 Å². The van der Waals surface area contributed by atoms with E-state index in [-0.39, 0.29) is 11.7 Å². The number of aryl methyl sites for hydroxylation is 2. The van der Waals surface area contributed by atoms with Gasteiger partial charge in [0.25, 0.3) is 5.91 Å². The fourth-order valence-corrected chi connectivity index (χ4v) is 5.38. The van der Waals surface area contributed by atoms with Gasteiger partial charge in [-0.25, -0.2) is 4.98 Å². The maximum atomic E-state index is 13.8. The van der Waals surface area contributed by atoms with E-state index >= 15 is 0 Å². The molecule has 2 aromatic carbocycles. The molecule has 5 aromatic rings. The third kappa shape index (κ3) is 4.30. The molecule has 0 saturated carbocycles. The minimum Gasteiger partial charge on any atom is -0.493 e. The zero-order valence-electron chi connectivity index (χ0n) is 20.5. The van der Waals surface area contributed by atoms with Crippen LogP contribution in [0.25, 0.3) is 21.2 Å². The van der Waals surface area contributed by atoms with Crippen LogP contribution in [-0.4, -0.2) is 34.3 Å². The van der Waals surface area contributed by atoms with Crippen molar-refractivity contribution in [3.63, 3.8) is 0 Å². The van der Waals surface area contributed by atoms with Crippen LogP contribution >= 0.6 is 11.3 Å². The van der Waals surface area contributed by atoms with Crippen LogP contribution in [0.15, 0.2) is 52.9 Å².